The lowest BCUT2D eigenvalue weighted by Crippen LogP contribution is -2.31. The van der Waals surface area contributed by atoms with Gasteiger partial charge in [0.2, 0.25) is 0 Å². The summed E-state index contributed by atoms with van der Waals surface area (Å²) in [6, 6.07) is 24.3. The first-order chi connectivity index (χ1) is 26.8. The van der Waals surface area contributed by atoms with Crippen LogP contribution < -0.4 is 5.32 Å². The molecule has 56 heavy (non-hydrogen) atoms. The average molecular weight is 781 g/mol. The van der Waals surface area contributed by atoms with Crippen LogP contribution in [0.25, 0.3) is 22.4 Å². The minimum Gasteiger partial charge on any atom is -0.463 e. The molecule has 1 amide bonds. The van der Waals surface area contributed by atoms with Gasteiger partial charge in [0, 0.05) is 30.1 Å². The van der Waals surface area contributed by atoms with Crippen molar-refractivity contribution in [3.8, 4) is 22.4 Å². The van der Waals surface area contributed by atoms with Crippen molar-refractivity contribution in [1.29, 1.82) is 0 Å². The molecule has 1 heterocycles. The van der Waals surface area contributed by atoms with Crippen molar-refractivity contribution in [1.82, 2.24) is 4.57 Å². The van der Waals surface area contributed by atoms with E-state index in [1.165, 1.54) is 12.1 Å². The lowest BCUT2D eigenvalue weighted by atomic mass is 9.94. The van der Waals surface area contributed by atoms with Crippen LogP contribution in [0, 0.1) is 26.0 Å². The lowest BCUT2D eigenvalue weighted by molar-refractivity contribution is -0.769. The van der Waals surface area contributed by atoms with E-state index in [4.69, 9.17) is 9.47 Å². The number of benzene rings is 3. The number of hydrogen-bond donors (Lipinski definition) is 3. The van der Waals surface area contributed by atoms with Gasteiger partial charge in [0.15, 0.2) is 6.10 Å². The molecule has 0 aliphatic rings. The second-order valence-corrected chi connectivity index (χ2v) is 13.1. The van der Waals surface area contributed by atoms with Crippen LogP contribution in [-0.2, 0) is 30.5 Å². The number of nitrogens with zero attached hydrogens (tertiary/aromatic N) is 3. The number of anilines is 1. The first kappa shape index (κ1) is 42.8. The fraction of sp³-hybridized carbons (Fsp3) is 0.385. The average Bonchev–Trinajstić information content (AvgIpc) is 3.50. The normalized spacial score (nSPS) is 12.8. The van der Waals surface area contributed by atoms with E-state index in [0.29, 0.717) is 33.8 Å². The summed E-state index contributed by atoms with van der Waals surface area (Å²) in [6.07, 6.45) is -4.33. The molecule has 0 saturated heterocycles. The summed E-state index contributed by atoms with van der Waals surface area (Å²) < 4.78 is 26.4. The van der Waals surface area contributed by atoms with Gasteiger partial charge in [-0.05, 0) is 72.7 Å². The fourth-order valence-corrected chi connectivity index (χ4v) is 6.18. The highest BCUT2D eigenvalue weighted by molar-refractivity contribution is 6.12. The van der Waals surface area contributed by atoms with Crippen molar-refractivity contribution in [3.63, 3.8) is 0 Å². The summed E-state index contributed by atoms with van der Waals surface area (Å²) >= 11 is 0. The van der Waals surface area contributed by atoms with E-state index in [-0.39, 0.29) is 57.5 Å². The summed E-state index contributed by atoms with van der Waals surface area (Å²) in [6.45, 7) is 2.83. The minimum absolute atomic E-state index is 0.0429. The van der Waals surface area contributed by atoms with Crippen LogP contribution in [0.3, 0.4) is 0 Å². The minimum atomic E-state index is -1.34. The van der Waals surface area contributed by atoms with Crippen molar-refractivity contribution in [3.05, 3.63) is 122 Å². The Hall–Kier alpha value is -5.91. The molecular formula is C39H45FN4O12. The summed E-state index contributed by atoms with van der Waals surface area (Å²) in [5.41, 5.74) is 4.33. The van der Waals surface area contributed by atoms with E-state index < -0.39 is 53.3 Å². The number of nitrogens with one attached hydrogen (secondary N) is 1. The molecule has 1 unspecified atom stereocenters. The molecule has 0 aliphatic heterocycles. The Morgan fingerprint density at radius 2 is 1.52 bits per heavy atom. The van der Waals surface area contributed by atoms with E-state index in [1.54, 1.807) is 24.3 Å². The van der Waals surface area contributed by atoms with Crippen molar-refractivity contribution in [2.24, 2.45) is 0 Å². The molecule has 1 aromatic heterocycles. The molecule has 300 valence electrons. The van der Waals surface area contributed by atoms with Crippen LogP contribution in [0.5, 0.6) is 0 Å². The summed E-state index contributed by atoms with van der Waals surface area (Å²) in [5.74, 6) is -1.89. The molecule has 0 fully saturated rings. The van der Waals surface area contributed by atoms with Crippen molar-refractivity contribution < 1.29 is 53.5 Å². The van der Waals surface area contributed by atoms with Crippen LogP contribution in [0.15, 0.2) is 84.9 Å². The van der Waals surface area contributed by atoms with Gasteiger partial charge in [-0.1, -0.05) is 62.4 Å². The second kappa shape index (κ2) is 21.3. The van der Waals surface area contributed by atoms with Crippen molar-refractivity contribution in [2.45, 2.75) is 70.3 Å². The third kappa shape index (κ3) is 12.9. The van der Waals surface area contributed by atoms with Crippen LogP contribution in [0.1, 0.15) is 61.5 Å². The third-order valence-electron chi connectivity index (χ3n) is 8.52. The van der Waals surface area contributed by atoms with Crippen LogP contribution in [0.4, 0.5) is 10.1 Å². The molecule has 4 rings (SSSR count). The van der Waals surface area contributed by atoms with Crippen molar-refractivity contribution in [2.75, 3.05) is 31.7 Å². The smallest absolute Gasteiger partial charge is 0.308 e. The van der Waals surface area contributed by atoms with Gasteiger partial charge in [-0.15, -0.1) is 20.2 Å². The van der Waals surface area contributed by atoms with Gasteiger partial charge in [0.25, 0.3) is 16.1 Å². The molecule has 4 aromatic rings. The van der Waals surface area contributed by atoms with Crippen LogP contribution >= 0.6 is 0 Å². The van der Waals surface area contributed by atoms with E-state index >= 15 is 0 Å². The van der Waals surface area contributed by atoms with Gasteiger partial charge in [-0.25, -0.2) is 4.39 Å². The standard InChI is InChI=1S/C39H45FN4O12/c1-26(2)37-36(39(48)41-30-12-7-4-8-13-30)35(27-10-5-3-6-11-27)38(28-14-16-29(40)17-15-28)42(37)19-18-31(45)22-32(46)23-34(47)54-25-33(56-44(51)52)24-53-20-9-21-55-43(49)50/h3-8,10-17,26,31-33,45-46H,9,18-25H2,1-2H3,(H,41,48)/t31-,32-,33?/m1/s1. The number of esters is 1. The van der Waals surface area contributed by atoms with E-state index in [2.05, 4.69) is 15.0 Å². The fourth-order valence-electron chi connectivity index (χ4n) is 6.18. The zero-order valence-electron chi connectivity index (χ0n) is 31.0. The maximum Gasteiger partial charge on any atom is 0.308 e. The highest BCUT2D eigenvalue weighted by Crippen LogP contribution is 2.42. The number of halogens is 1. The quantitative estimate of drug-likeness (QED) is 0.0344. The number of aliphatic hydroxyl groups excluding tert-OH is 2. The molecule has 0 aliphatic carbocycles. The number of amides is 1. The lowest BCUT2D eigenvalue weighted by Gasteiger charge is -2.20. The zero-order valence-corrected chi connectivity index (χ0v) is 31.0. The summed E-state index contributed by atoms with van der Waals surface area (Å²) in [5, 5.41) is 43.9. The predicted molar refractivity (Wildman–Crippen MR) is 201 cm³/mol. The Labute approximate surface area is 322 Å². The topological polar surface area (TPSA) is 215 Å². The predicted octanol–water partition coefficient (Wildman–Crippen LogP) is 5.96. The Kier molecular flexibility index (Phi) is 16.3. The Balaban J connectivity index is 1.51. The highest BCUT2D eigenvalue weighted by atomic mass is 19.1. The number of hydrogen-bond acceptors (Lipinski definition) is 12. The molecule has 3 aromatic carbocycles. The number of ether oxygens (including phenoxy) is 2. The third-order valence-corrected chi connectivity index (χ3v) is 8.52. The van der Waals surface area contributed by atoms with E-state index in [9.17, 15) is 44.4 Å². The van der Waals surface area contributed by atoms with Gasteiger partial charge >= 0.3 is 5.97 Å². The van der Waals surface area contributed by atoms with Crippen LogP contribution in [0.2, 0.25) is 0 Å². The maximum absolute atomic E-state index is 14.2. The Bertz CT molecular complexity index is 1890. The molecule has 17 heteroatoms. The molecular weight excluding hydrogens is 735 g/mol. The zero-order chi connectivity index (χ0) is 40.6. The van der Waals surface area contributed by atoms with Crippen LogP contribution in [-0.4, -0.2) is 81.6 Å². The van der Waals surface area contributed by atoms with E-state index in [0.717, 1.165) is 5.56 Å². The first-order valence-corrected chi connectivity index (χ1v) is 18.0. The molecule has 3 atom stereocenters. The SMILES string of the molecule is CC(C)c1c(C(=O)Nc2ccccc2)c(-c2ccccc2)c(-c2ccc(F)cc2)n1CC[C@@H](O)C[C@@H](O)CC(=O)OCC(COCCCO[N+](=O)[O-])O[N+](=O)[O-]. The number of aromatic nitrogens is 1. The summed E-state index contributed by atoms with van der Waals surface area (Å²) in [7, 11) is 0. The maximum atomic E-state index is 14.2. The number of para-hydroxylation sites is 1. The van der Waals surface area contributed by atoms with E-state index in [1.807, 2.05) is 66.9 Å². The molecule has 0 radical (unpaired) electrons. The Morgan fingerprint density at radius 1 is 0.857 bits per heavy atom. The second-order valence-electron chi connectivity index (χ2n) is 13.1. The molecule has 0 saturated carbocycles. The largest absolute Gasteiger partial charge is 0.463 e. The number of rotatable bonds is 23. The number of aliphatic hydroxyl groups is 2. The van der Waals surface area contributed by atoms with Gasteiger partial charge in [0.05, 0.1) is 43.1 Å². The Morgan fingerprint density at radius 3 is 2.14 bits per heavy atom. The summed E-state index contributed by atoms with van der Waals surface area (Å²) in [4.78, 5) is 56.5. The molecule has 16 nitrogen and oxygen atoms in total. The molecule has 3 N–H and O–H groups in total. The number of carbonyl (C=O) groups is 2. The van der Waals surface area contributed by atoms with Gasteiger partial charge in [-0.3, -0.25) is 9.59 Å². The highest BCUT2D eigenvalue weighted by Gasteiger charge is 2.31. The monoisotopic (exact) mass is 780 g/mol. The molecule has 0 bridgehead atoms. The van der Waals surface area contributed by atoms with Crippen molar-refractivity contribution >= 4 is 17.6 Å². The van der Waals surface area contributed by atoms with Gasteiger partial charge in [-0.2, -0.15) is 0 Å². The molecule has 0 spiro atoms. The van der Waals surface area contributed by atoms with Gasteiger partial charge in [0.1, 0.15) is 12.4 Å². The van der Waals surface area contributed by atoms with Gasteiger partial charge < -0.3 is 39.2 Å². The number of carbonyl (C=O) groups excluding carboxylic acids is 2. The first-order valence-electron chi connectivity index (χ1n) is 18.0.